The Hall–Kier alpha value is -1.43. The summed E-state index contributed by atoms with van der Waals surface area (Å²) in [5.74, 6) is -1.34. The molecule has 19 heavy (non-hydrogen) atoms. The molecule has 0 spiro atoms. The van der Waals surface area contributed by atoms with Crippen molar-refractivity contribution < 1.29 is 14.0 Å². The van der Waals surface area contributed by atoms with E-state index in [0.29, 0.717) is 4.47 Å². The zero-order chi connectivity index (χ0) is 14.0. The van der Waals surface area contributed by atoms with Gasteiger partial charge in [0.2, 0.25) is 5.91 Å². The first-order valence-electron chi connectivity index (χ1n) is 5.98. The predicted molar refractivity (Wildman–Crippen MR) is 72.2 cm³/mol. The number of likely N-dealkylation sites (N-methyl/N-ethyl adjacent to an activating group) is 1. The zero-order valence-corrected chi connectivity index (χ0v) is 12.0. The Bertz CT molecular complexity index is 497. The molecule has 1 fully saturated rings. The number of hydrogen-bond donors (Lipinski definition) is 1. The second-order valence-electron chi connectivity index (χ2n) is 4.60. The molecule has 0 saturated heterocycles. The Balaban J connectivity index is 2.03. The molecule has 1 aromatic carbocycles. The molecule has 1 N–H and O–H groups in total. The van der Waals surface area contributed by atoms with Crippen molar-refractivity contribution in [3.05, 3.63) is 34.1 Å². The van der Waals surface area contributed by atoms with Crippen LogP contribution in [0.3, 0.4) is 0 Å². The fourth-order valence-corrected chi connectivity index (χ4v) is 2.19. The molecule has 0 radical (unpaired) electrons. The maximum absolute atomic E-state index is 13.6. The molecule has 2 amide bonds. The minimum atomic E-state index is -0.603. The molecule has 0 atom stereocenters. The third kappa shape index (κ3) is 3.53. The minimum Gasteiger partial charge on any atom is -0.352 e. The lowest BCUT2D eigenvalue weighted by Gasteiger charge is -2.17. The molecule has 1 saturated carbocycles. The summed E-state index contributed by atoms with van der Waals surface area (Å²) >= 11 is 3.14. The van der Waals surface area contributed by atoms with Crippen molar-refractivity contribution in [1.29, 1.82) is 0 Å². The van der Waals surface area contributed by atoms with Gasteiger partial charge in [0.1, 0.15) is 5.82 Å². The highest BCUT2D eigenvalue weighted by molar-refractivity contribution is 9.10. The molecule has 0 aromatic heterocycles. The molecule has 0 bridgehead atoms. The van der Waals surface area contributed by atoms with Gasteiger partial charge < -0.3 is 10.2 Å². The van der Waals surface area contributed by atoms with Crippen LogP contribution < -0.4 is 5.32 Å². The highest BCUT2D eigenvalue weighted by atomic mass is 79.9. The SMILES string of the molecule is CN(CC(=O)NC1CC1)C(=O)c1c(F)cccc1Br. The average Bonchev–Trinajstić information content (AvgIpc) is 3.12. The van der Waals surface area contributed by atoms with Crippen molar-refractivity contribution in [2.24, 2.45) is 0 Å². The van der Waals surface area contributed by atoms with Gasteiger partial charge in [0.15, 0.2) is 0 Å². The summed E-state index contributed by atoms with van der Waals surface area (Å²) in [6.45, 7) is -0.0733. The van der Waals surface area contributed by atoms with Crippen molar-refractivity contribution in [3.8, 4) is 0 Å². The molecular weight excluding hydrogens is 315 g/mol. The number of nitrogens with zero attached hydrogens (tertiary/aromatic N) is 1. The third-order valence-corrected chi connectivity index (χ3v) is 3.51. The Morgan fingerprint density at radius 3 is 2.74 bits per heavy atom. The maximum Gasteiger partial charge on any atom is 0.258 e. The maximum atomic E-state index is 13.6. The molecule has 1 aromatic rings. The van der Waals surface area contributed by atoms with Gasteiger partial charge >= 0.3 is 0 Å². The fourth-order valence-electron chi connectivity index (χ4n) is 1.68. The van der Waals surface area contributed by atoms with Crippen LogP contribution in [0.1, 0.15) is 23.2 Å². The lowest BCUT2D eigenvalue weighted by molar-refractivity contribution is -0.121. The standard InChI is InChI=1S/C13H14BrFN2O2/c1-17(7-11(18)16-8-5-6-8)13(19)12-9(14)3-2-4-10(12)15/h2-4,8H,5-7H2,1H3,(H,16,18). The van der Waals surface area contributed by atoms with Gasteiger partial charge in [-0.2, -0.15) is 0 Å². The van der Waals surface area contributed by atoms with Crippen molar-refractivity contribution in [1.82, 2.24) is 10.2 Å². The van der Waals surface area contributed by atoms with E-state index >= 15 is 0 Å². The van der Waals surface area contributed by atoms with E-state index in [1.807, 2.05) is 0 Å². The summed E-state index contributed by atoms with van der Waals surface area (Å²) in [6.07, 6.45) is 1.98. The third-order valence-electron chi connectivity index (χ3n) is 2.85. The Morgan fingerprint density at radius 2 is 2.16 bits per heavy atom. The summed E-state index contributed by atoms with van der Waals surface area (Å²) in [5, 5.41) is 2.78. The van der Waals surface area contributed by atoms with E-state index in [0.717, 1.165) is 12.8 Å². The van der Waals surface area contributed by atoms with E-state index in [9.17, 15) is 14.0 Å². The van der Waals surface area contributed by atoms with Crippen molar-refractivity contribution in [3.63, 3.8) is 0 Å². The van der Waals surface area contributed by atoms with Crippen LogP contribution in [-0.2, 0) is 4.79 Å². The van der Waals surface area contributed by atoms with Gasteiger partial charge in [-0.15, -0.1) is 0 Å². The van der Waals surface area contributed by atoms with E-state index < -0.39 is 11.7 Å². The molecule has 4 nitrogen and oxygen atoms in total. The summed E-state index contributed by atoms with van der Waals surface area (Å²) < 4.78 is 14.0. The number of carbonyl (C=O) groups excluding carboxylic acids is 2. The minimum absolute atomic E-state index is 0.0516. The predicted octanol–water partition coefficient (Wildman–Crippen LogP) is 1.94. The number of halogens is 2. The molecule has 0 heterocycles. The smallest absolute Gasteiger partial charge is 0.258 e. The first-order valence-corrected chi connectivity index (χ1v) is 6.77. The molecule has 1 aliphatic rings. The van der Waals surface area contributed by atoms with Crippen LogP contribution >= 0.6 is 15.9 Å². The Morgan fingerprint density at radius 1 is 1.47 bits per heavy atom. The summed E-state index contributed by atoms with van der Waals surface area (Å²) in [5.41, 5.74) is -0.0516. The van der Waals surface area contributed by atoms with Gasteiger partial charge in [-0.05, 0) is 40.9 Å². The van der Waals surface area contributed by atoms with Crippen LogP contribution in [0.2, 0.25) is 0 Å². The van der Waals surface area contributed by atoms with Crippen molar-refractivity contribution >= 4 is 27.7 Å². The van der Waals surface area contributed by atoms with E-state index in [2.05, 4.69) is 21.2 Å². The molecule has 1 aliphatic carbocycles. The number of nitrogens with one attached hydrogen (secondary N) is 1. The quantitative estimate of drug-likeness (QED) is 0.918. The van der Waals surface area contributed by atoms with Crippen LogP contribution in [0.15, 0.2) is 22.7 Å². The summed E-state index contributed by atoms with van der Waals surface area (Å²) in [7, 11) is 1.48. The highest BCUT2D eigenvalue weighted by Crippen LogP contribution is 2.21. The molecular formula is C13H14BrFN2O2. The average molecular weight is 329 g/mol. The zero-order valence-electron chi connectivity index (χ0n) is 10.5. The van der Waals surface area contributed by atoms with Gasteiger partial charge in [-0.1, -0.05) is 6.07 Å². The Labute approximate surface area is 119 Å². The number of amides is 2. The van der Waals surface area contributed by atoms with Gasteiger partial charge in [0.25, 0.3) is 5.91 Å². The molecule has 6 heteroatoms. The van der Waals surface area contributed by atoms with E-state index in [-0.39, 0.29) is 24.1 Å². The topological polar surface area (TPSA) is 49.4 Å². The van der Waals surface area contributed by atoms with Crippen molar-refractivity contribution in [2.75, 3.05) is 13.6 Å². The van der Waals surface area contributed by atoms with Crippen LogP contribution in [0.25, 0.3) is 0 Å². The van der Waals surface area contributed by atoms with Gasteiger partial charge in [-0.3, -0.25) is 9.59 Å². The molecule has 0 aliphatic heterocycles. The lowest BCUT2D eigenvalue weighted by atomic mass is 10.2. The first kappa shape index (κ1) is 14.0. The monoisotopic (exact) mass is 328 g/mol. The van der Waals surface area contributed by atoms with Crippen LogP contribution in [0.5, 0.6) is 0 Å². The molecule has 0 unspecified atom stereocenters. The number of carbonyl (C=O) groups is 2. The molecule has 102 valence electrons. The largest absolute Gasteiger partial charge is 0.352 e. The van der Waals surface area contributed by atoms with E-state index in [4.69, 9.17) is 0 Å². The van der Waals surface area contributed by atoms with Gasteiger partial charge in [0.05, 0.1) is 12.1 Å². The summed E-state index contributed by atoms with van der Waals surface area (Å²) in [4.78, 5) is 24.9. The second kappa shape index (κ2) is 5.69. The van der Waals surface area contributed by atoms with E-state index in [1.54, 1.807) is 6.07 Å². The fraction of sp³-hybridized carbons (Fsp3) is 0.385. The number of hydrogen-bond acceptors (Lipinski definition) is 2. The van der Waals surface area contributed by atoms with E-state index in [1.165, 1.54) is 24.1 Å². The Kier molecular flexibility index (Phi) is 4.19. The van der Waals surface area contributed by atoms with Crippen LogP contribution in [-0.4, -0.2) is 36.3 Å². The lowest BCUT2D eigenvalue weighted by Crippen LogP contribution is -2.39. The van der Waals surface area contributed by atoms with Crippen molar-refractivity contribution in [2.45, 2.75) is 18.9 Å². The summed E-state index contributed by atoms with van der Waals surface area (Å²) in [6, 6.07) is 4.57. The van der Waals surface area contributed by atoms with Crippen LogP contribution in [0.4, 0.5) is 4.39 Å². The van der Waals surface area contributed by atoms with Crippen LogP contribution in [0, 0.1) is 5.82 Å². The van der Waals surface area contributed by atoms with Gasteiger partial charge in [0, 0.05) is 17.6 Å². The normalized spacial score (nSPS) is 14.1. The van der Waals surface area contributed by atoms with Gasteiger partial charge in [-0.25, -0.2) is 4.39 Å². The number of rotatable bonds is 4. The highest BCUT2D eigenvalue weighted by Gasteiger charge is 2.25. The first-order chi connectivity index (χ1) is 8.99. The second-order valence-corrected chi connectivity index (χ2v) is 5.45. The number of benzene rings is 1. The molecule has 2 rings (SSSR count).